The Morgan fingerprint density at radius 2 is 2.30 bits per heavy atom. The van der Waals surface area contributed by atoms with Crippen molar-refractivity contribution >= 4 is 12.3 Å². The van der Waals surface area contributed by atoms with Gasteiger partial charge in [-0.25, -0.2) is 0 Å². The van der Waals surface area contributed by atoms with Crippen molar-refractivity contribution in [1.29, 1.82) is 0 Å². The van der Waals surface area contributed by atoms with Crippen molar-refractivity contribution in [1.82, 2.24) is 15.5 Å². The van der Waals surface area contributed by atoms with Crippen molar-refractivity contribution in [2.75, 3.05) is 13.6 Å². The van der Waals surface area contributed by atoms with E-state index in [1.54, 1.807) is 6.20 Å². The van der Waals surface area contributed by atoms with Crippen LogP contribution >= 0.6 is 0 Å². The lowest BCUT2D eigenvalue weighted by Gasteiger charge is -2.07. The lowest BCUT2D eigenvalue weighted by atomic mass is 10.00. The zero-order valence-corrected chi connectivity index (χ0v) is 12.4. The van der Waals surface area contributed by atoms with Crippen LogP contribution in [0.3, 0.4) is 0 Å². The van der Waals surface area contributed by atoms with E-state index in [-0.39, 0.29) is 0 Å². The summed E-state index contributed by atoms with van der Waals surface area (Å²) in [6, 6.07) is 1.99. The first-order valence-corrected chi connectivity index (χ1v) is 6.86. The van der Waals surface area contributed by atoms with Crippen LogP contribution in [-0.2, 0) is 0 Å². The summed E-state index contributed by atoms with van der Waals surface area (Å²) < 4.78 is 0. The maximum Gasteiger partial charge on any atom is 0.0880 e. The highest BCUT2D eigenvalue weighted by molar-refractivity contribution is 5.67. The Morgan fingerprint density at radius 1 is 1.50 bits per heavy atom. The van der Waals surface area contributed by atoms with Gasteiger partial charge in [0.15, 0.2) is 0 Å². The van der Waals surface area contributed by atoms with E-state index in [2.05, 4.69) is 39.9 Å². The molecule has 0 atom stereocenters. The second-order valence-corrected chi connectivity index (χ2v) is 4.74. The van der Waals surface area contributed by atoms with Crippen LogP contribution in [0, 0.1) is 0 Å². The van der Waals surface area contributed by atoms with Crippen LogP contribution < -0.4 is 5.32 Å². The molecule has 4 heteroatoms. The number of aromatic nitrogens is 2. The Bertz CT molecular complexity index is 481. The van der Waals surface area contributed by atoms with Gasteiger partial charge in [0.05, 0.1) is 5.69 Å². The number of nitrogens with one attached hydrogen (secondary N) is 2. The third-order valence-corrected chi connectivity index (χ3v) is 3.01. The predicted molar refractivity (Wildman–Crippen MR) is 86.8 cm³/mol. The smallest absolute Gasteiger partial charge is 0.0880 e. The molecular formula is C16H24N4. The maximum atomic E-state index is 4.28. The SMILES string of the molecule is C=N/C=C(\C=C(/CCCCNC)c1cc[nH]n1)C(=C)C. The molecule has 0 spiro atoms. The van der Waals surface area contributed by atoms with Gasteiger partial charge < -0.3 is 5.32 Å². The maximum absolute atomic E-state index is 4.28. The molecule has 1 aromatic rings. The molecular weight excluding hydrogens is 248 g/mol. The van der Waals surface area contributed by atoms with E-state index in [0.29, 0.717) is 0 Å². The molecule has 0 bridgehead atoms. The minimum atomic E-state index is 0.973. The van der Waals surface area contributed by atoms with Gasteiger partial charge in [-0.15, -0.1) is 0 Å². The number of hydrogen-bond acceptors (Lipinski definition) is 3. The zero-order valence-electron chi connectivity index (χ0n) is 12.4. The van der Waals surface area contributed by atoms with E-state index >= 15 is 0 Å². The van der Waals surface area contributed by atoms with Gasteiger partial charge in [-0.2, -0.15) is 5.10 Å². The second-order valence-electron chi connectivity index (χ2n) is 4.74. The monoisotopic (exact) mass is 272 g/mol. The van der Waals surface area contributed by atoms with Crippen molar-refractivity contribution < 1.29 is 0 Å². The van der Waals surface area contributed by atoms with Crippen LogP contribution in [0.5, 0.6) is 0 Å². The largest absolute Gasteiger partial charge is 0.320 e. The van der Waals surface area contributed by atoms with E-state index in [4.69, 9.17) is 0 Å². The Morgan fingerprint density at radius 3 is 2.85 bits per heavy atom. The number of rotatable bonds is 9. The van der Waals surface area contributed by atoms with Crippen LogP contribution in [0.2, 0.25) is 0 Å². The van der Waals surface area contributed by atoms with Crippen molar-refractivity contribution in [3.05, 3.63) is 48.0 Å². The topological polar surface area (TPSA) is 53.1 Å². The Hall–Kier alpha value is -1.94. The standard InChI is InChI=1S/C16H24N4/c1-13(2)15(12-18-4)11-14(7-5-6-9-17-3)16-8-10-19-20-16/h8,10-12,17H,1,4-7,9H2,2-3H3,(H,19,20)/b14-11+,15-12+. The molecule has 0 radical (unpaired) electrons. The summed E-state index contributed by atoms with van der Waals surface area (Å²) in [5.41, 5.74) is 4.14. The van der Waals surface area contributed by atoms with E-state index in [0.717, 1.165) is 42.6 Å². The van der Waals surface area contributed by atoms with E-state index in [1.165, 1.54) is 5.57 Å². The number of H-pyrrole nitrogens is 1. The first-order valence-electron chi connectivity index (χ1n) is 6.86. The summed E-state index contributed by atoms with van der Waals surface area (Å²) >= 11 is 0. The van der Waals surface area contributed by atoms with Crippen LogP contribution in [0.1, 0.15) is 31.9 Å². The first kappa shape index (κ1) is 16.1. The van der Waals surface area contributed by atoms with Crippen molar-refractivity contribution in [3.63, 3.8) is 0 Å². The molecule has 0 amide bonds. The van der Waals surface area contributed by atoms with Gasteiger partial charge in [-0.1, -0.05) is 6.58 Å². The Kier molecular flexibility index (Phi) is 7.29. The molecule has 2 N–H and O–H groups in total. The number of allylic oxidation sites excluding steroid dienone is 4. The number of hydrogen-bond donors (Lipinski definition) is 2. The van der Waals surface area contributed by atoms with E-state index in [9.17, 15) is 0 Å². The summed E-state index contributed by atoms with van der Waals surface area (Å²) in [6.45, 7) is 10.5. The molecule has 0 aliphatic heterocycles. The number of aliphatic imine (C=N–C) groups is 1. The van der Waals surface area contributed by atoms with Gasteiger partial charge in [-0.3, -0.25) is 10.1 Å². The zero-order chi connectivity index (χ0) is 14.8. The molecule has 0 saturated carbocycles. The van der Waals surface area contributed by atoms with Crippen LogP contribution in [0.25, 0.3) is 5.57 Å². The normalized spacial score (nSPS) is 12.5. The summed E-state index contributed by atoms with van der Waals surface area (Å²) in [5, 5.41) is 10.3. The quantitative estimate of drug-likeness (QED) is 0.411. The third-order valence-electron chi connectivity index (χ3n) is 3.01. The summed E-state index contributed by atoms with van der Waals surface area (Å²) in [5.74, 6) is 0. The molecule has 20 heavy (non-hydrogen) atoms. The van der Waals surface area contributed by atoms with E-state index < -0.39 is 0 Å². The summed E-state index contributed by atoms with van der Waals surface area (Å²) in [6.07, 6.45) is 8.92. The minimum absolute atomic E-state index is 0.973. The fraction of sp³-hybridized carbons (Fsp3) is 0.375. The number of aromatic amines is 1. The van der Waals surface area contributed by atoms with Gasteiger partial charge in [0.2, 0.25) is 0 Å². The summed E-state index contributed by atoms with van der Waals surface area (Å²) in [4.78, 5) is 3.85. The highest BCUT2D eigenvalue weighted by atomic mass is 15.1. The lowest BCUT2D eigenvalue weighted by Crippen LogP contribution is -2.07. The number of nitrogens with zero attached hydrogens (tertiary/aromatic N) is 2. The predicted octanol–water partition coefficient (Wildman–Crippen LogP) is 3.34. The van der Waals surface area contributed by atoms with Gasteiger partial charge in [0, 0.05) is 12.4 Å². The molecule has 1 rings (SSSR count). The molecule has 108 valence electrons. The molecule has 0 aromatic carbocycles. The van der Waals surface area contributed by atoms with Crippen LogP contribution in [0.4, 0.5) is 0 Å². The molecule has 1 heterocycles. The minimum Gasteiger partial charge on any atom is -0.320 e. The number of unbranched alkanes of at least 4 members (excludes halogenated alkanes) is 1. The molecule has 0 aliphatic rings. The van der Waals surface area contributed by atoms with Crippen molar-refractivity contribution in [2.45, 2.75) is 26.2 Å². The average molecular weight is 272 g/mol. The van der Waals surface area contributed by atoms with E-state index in [1.807, 2.05) is 26.2 Å². The van der Waals surface area contributed by atoms with Gasteiger partial charge in [0.1, 0.15) is 0 Å². The Balaban J connectivity index is 2.89. The van der Waals surface area contributed by atoms with Gasteiger partial charge >= 0.3 is 0 Å². The second kappa shape index (κ2) is 9.04. The average Bonchev–Trinajstić information content (AvgIpc) is 2.95. The van der Waals surface area contributed by atoms with Crippen molar-refractivity contribution in [2.24, 2.45) is 4.99 Å². The molecule has 0 fully saturated rings. The third kappa shape index (κ3) is 5.36. The van der Waals surface area contributed by atoms with Crippen molar-refractivity contribution in [3.8, 4) is 0 Å². The highest BCUT2D eigenvalue weighted by Crippen LogP contribution is 2.23. The fourth-order valence-corrected chi connectivity index (χ4v) is 1.89. The molecule has 0 aliphatic carbocycles. The van der Waals surface area contributed by atoms with Gasteiger partial charge in [-0.05, 0) is 75.4 Å². The lowest BCUT2D eigenvalue weighted by molar-refractivity contribution is 0.688. The fourth-order valence-electron chi connectivity index (χ4n) is 1.89. The van der Waals surface area contributed by atoms with Gasteiger partial charge in [0.25, 0.3) is 0 Å². The first-order chi connectivity index (χ1) is 9.69. The molecule has 1 aromatic heterocycles. The molecule has 4 nitrogen and oxygen atoms in total. The molecule has 0 saturated heterocycles. The summed E-state index contributed by atoms with van der Waals surface area (Å²) in [7, 11) is 1.97. The van der Waals surface area contributed by atoms with Crippen LogP contribution in [0.15, 0.2) is 47.3 Å². The molecule has 0 unspecified atom stereocenters. The highest BCUT2D eigenvalue weighted by Gasteiger charge is 2.06. The Labute approximate surface area is 121 Å². The van der Waals surface area contributed by atoms with Crippen LogP contribution in [-0.4, -0.2) is 30.5 Å².